The van der Waals surface area contributed by atoms with Crippen molar-refractivity contribution >= 4 is 11.8 Å². The van der Waals surface area contributed by atoms with E-state index in [2.05, 4.69) is 13.8 Å². The van der Waals surface area contributed by atoms with Gasteiger partial charge in [0.1, 0.15) is 0 Å². The highest BCUT2D eigenvalue weighted by molar-refractivity contribution is 5.82. The van der Waals surface area contributed by atoms with Crippen molar-refractivity contribution in [1.29, 1.82) is 0 Å². The van der Waals surface area contributed by atoms with E-state index in [1.165, 1.54) is 12.8 Å². The Balaban J connectivity index is 1.62. The quantitative estimate of drug-likeness (QED) is 0.775. The highest BCUT2D eigenvalue weighted by Gasteiger charge is 2.40. The molecule has 2 amide bonds. The van der Waals surface area contributed by atoms with E-state index in [9.17, 15) is 9.59 Å². The monoisotopic (exact) mass is 278 g/mol. The SMILES string of the molecule is C[C@H]1CN(C(=O)C2CCC2)[C@@H](C)CN1C(=O)C1CCC1. The minimum Gasteiger partial charge on any atom is -0.336 e. The molecule has 4 nitrogen and oxygen atoms in total. The summed E-state index contributed by atoms with van der Waals surface area (Å²) >= 11 is 0. The number of carbonyl (C=O) groups excluding carboxylic acids is 2. The molecule has 20 heavy (non-hydrogen) atoms. The first-order valence-electron chi connectivity index (χ1n) is 8.19. The first kappa shape index (κ1) is 13.9. The molecule has 0 spiro atoms. The van der Waals surface area contributed by atoms with Crippen LogP contribution in [0.3, 0.4) is 0 Å². The third-order valence-corrected chi connectivity index (χ3v) is 5.46. The smallest absolute Gasteiger partial charge is 0.226 e. The standard InChI is InChI=1S/C16H26N2O2/c1-11-9-18(16(20)14-7-4-8-14)12(2)10-17(11)15(19)13-5-3-6-13/h11-14H,3-10H2,1-2H3/t11-,12-/m0/s1. The van der Waals surface area contributed by atoms with Crippen molar-refractivity contribution in [3.63, 3.8) is 0 Å². The molecule has 0 aromatic carbocycles. The molecule has 1 aliphatic heterocycles. The average Bonchev–Trinajstić information content (AvgIpc) is 2.26. The fourth-order valence-electron chi connectivity index (χ4n) is 3.52. The molecule has 3 rings (SSSR count). The van der Waals surface area contributed by atoms with Gasteiger partial charge in [0.25, 0.3) is 0 Å². The van der Waals surface area contributed by atoms with E-state index < -0.39 is 0 Å². The van der Waals surface area contributed by atoms with Crippen molar-refractivity contribution in [1.82, 2.24) is 9.80 Å². The number of hydrogen-bond acceptors (Lipinski definition) is 2. The summed E-state index contributed by atoms with van der Waals surface area (Å²) in [4.78, 5) is 28.9. The van der Waals surface area contributed by atoms with Gasteiger partial charge in [-0.3, -0.25) is 9.59 Å². The first-order valence-corrected chi connectivity index (χ1v) is 8.19. The summed E-state index contributed by atoms with van der Waals surface area (Å²) in [6.07, 6.45) is 6.62. The van der Waals surface area contributed by atoms with E-state index in [1.807, 2.05) is 9.80 Å². The van der Waals surface area contributed by atoms with Crippen LogP contribution in [0.1, 0.15) is 52.4 Å². The molecule has 0 bridgehead atoms. The molecular weight excluding hydrogens is 252 g/mol. The number of rotatable bonds is 2. The molecule has 2 saturated carbocycles. The van der Waals surface area contributed by atoms with Gasteiger partial charge in [-0.1, -0.05) is 12.8 Å². The fraction of sp³-hybridized carbons (Fsp3) is 0.875. The lowest BCUT2D eigenvalue weighted by atomic mass is 9.82. The van der Waals surface area contributed by atoms with Gasteiger partial charge in [-0.25, -0.2) is 0 Å². The van der Waals surface area contributed by atoms with Gasteiger partial charge < -0.3 is 9.80 Å². The maximum atomic E-state index is 12.4. The lowest BCUT2D eigenvalue weighted by molar-refractivity contribution is -0.153. The predicted molar refractivity (Wildman–Crippen MR) is 77.0 cm³/mol. The van der Waals surface area contributed by atoms with E-state index in [0.717, 1.165) is 38.8 Å². The summed E-state index contributed by atoms with van der Waals surface area (Å²) in [5.41, 5.74) is 0. The topological polar surface area (TPSA) is 40.6 Å². The molecule has 112 valence electrons. The zero-order valence-electron chi connectivity index (χ0n) is 12.7. The summed E-state index contributed by atoms with van der Waals surface area (Å²) in [5.74, 6) is 1.18. The number of carbonyl (C=O) groups is 2. The summed E-state index contributed by atoms with van der Waals surface area (Å²) in [6.45, 7) is 5.61. The van der Waals surface area contributed by atoms with Crippen molar-refractivity contribution in [3.8, 4) is 0 Å². The Morgan fingerprint density at radius 2 is 1.10 bits per heavy atom. The molecule has 0 aromatic heterocycles. The Kier molecular flexibility index (Phi) is 3.74. The minimum atomic E-state index is 0.170. The highest BCUT2D eigenvalue weighted by atomic mass is 16.2. The van der Waals surface area contributed by atoms with Crippen LogP contribution in [0, 0.1) is 11.8 Å². The molecule has 0 radical (unpaired) electrons. The Labute approximate surface area is 121 Å². The Bertz CT molecular complexity index is 363. The van der Waals surface area contributed by atoms with E-state index in [1.54, 1.807) is 0 Å². The molecular formula is C16H26N2O2. The van der Waals surface area contributed by atoms with Crippen molar-refractivity contribution in [2.75, 3.05) is 13.1 Å². The van der Waals surface area contributed by atoms with Gasteiger partial charge in [-0.15, -0.1) is 0 Å². The zero-order valence-corrected chi connectivity index (χ0v) is 12.7. The van der Waals surface area contributed by atoms with Crippen LogP contribution in [-0.4, -0.2) is 46.8 Å². The highest BCUT2D eigenvalue weighted by Crippen LogP contribution is 2.32. The second-order valence-electron chi connectivity index (χ2n) is 6.93. The van der Waals surface area contributed by atoms with Crippen molar-refractivity contribution in [3.05, 3.63) is 0 Å². The Morgan fingerprint density at radius 3 is 1.35 bits per heavy atom. The summed E-state index contributed by atoms with van der Waals surface area (Å²) < 4.78 is 0. The van der Waals surface area contributed by atoms with Gasteiger partial charge in [0, 0.05) is 37.0 Å². The maximum Gasteiger partial charge on any atom is 0.226 e. The van der Waals surface area contributed by atoms with E-state index >= 15 is 0 Å². The number of amides is 2. The summed E-state index contributed by atoms with van der Waals surface area (Å²) in [5, 5.41) is 0. The summed E-state index contributed by atoms with van der Waals surface area (Å²) in [7, 11) is 0. The predicted octanol–water partition coefficient (Wildman–Crippen LogP) is 2.03. The van der Waals surface area contributed by atoms with E-state index in [-0.39, 0.29) is 23.9 Å². The van der Waals surface area contributed by atoms with Crippen LogP contribution in [0.2, 0.25) is 0 Å². The third kappa shape index (κ3) is 2.33. The molecule has 2 aliphatic carbocycles. The maximum absolute atomic E-state index is 12.4. The van der Waals surface area contributed by atoms with Gasteiger partial charge in [-0.05, 0) is 39.5 Å². The van der Waals surface area contributed by atoms with Crippen LogP contribution in [0.5, 0.6) is 0 Å². The van der Waals surface area contributed by atoms with Crippen molar-refractivity contribution < 1.29 is 9.59 Å². The van der Waals surface area contributed by atoms with E-state index in [0.29, 0.717) is 11.8 Å². The van der Waals surface area contributed by atoms with Crippen molar-refractivity contribution in [2.24, 2.45) is 11.8 Å². The van der Waals surface area contributed by atoms with Gasteiger partial charge in [0.05, 0.1) is 0 Å². The van der Waals surface area contributed by atoms with Crippen LogP contribution >= 0.6 is 0 Å². The molecule has 1 heterocycles. The molecule has 3 aliphatic rings. The third-order valence-electron chi connectivity index (χ3n) is 5.46. The van der Waals surface area contributed by atoms with Crippen LogP contribution in [0.4, 0.5) is 0 Å². The van der Waals surface area contributed by atoms with Gasteiger partial charge >= 0.3 is 0 Å². The molecule has 4 heteroatoms. The van der Waals surface area contributed by atoms with Gasteiger partial charge in [0.2, 0.25) is 11.8 Å². The lowest BCUT2D eigenvalue weighted by Crippen LogP contribution is -2.61. The molecule has 1 saturated heterocycles. The minimum absolute atomic E-state index is 0.170. The molecule has 2 atom stereocenters. The molecule has 0 aromatic rings. The number of piperazine rings is 1. The zero-order chi connectivity index (χ0) is 14.3. The van der Waals surface area contributed by atoms with Gasteiger partial charge in [0.15, 0.2) is 0 Å². The molecule has 0 N–H and O–H groups in total. The lowest BCUT2D eigenvalue weighted by Gasteiger charge is -2.47. The second-order valence-corrected chi connectivity index (χ2v) is 6.93. The Hall–Kier alpha value is -1.06. The molecule has 0 unspecified atom stereocenters. The fourth-order valence-corrected chi connectivity index (χ4v) is 3.52. The first-order chi connectivity index (χ1) is 9.58. The number of hydrogen-bond donors (Lipinski definition) is 0. The molecule has 3 fully saturated rings. The Morgan fingerprint density at radius 1 is 0.750 bits per heavy atom. The van der Waals surface area contributed by atoms with E-state index in [4.69, 9.17) is 0 Å². The number of nitrogens with zero attached hydrogens (tertiary/aromatic N) is 2. The van der Waals surface area contributed by atoms with Crippen LogP contribution in [0.25, 0.3) is 0 Å². The largest absolute Gasteiger partial charge is 0.336 e. The normalized spacial score (nSPS) is 31.7. The van der Waals surface area contributed by atoms with Crippen LogP contribution < -0.4 is 0 Å². The van der Waals surface area contributed by atoms with Crippen molar-refractivity contribution in [2.45, 2.75) is 64.5 Å². The summed E-state index contributed by atoms with van der Waals surface area (Å²) in [6, 6.07) is 0.339. The second kappa shape index (κ2) is 5.38. The van der Waals surface area contributed by atoms with Crippen LogP contribution in [0.15, 0.2) is 0 Å². The average molecular weight is 278 g/mol. The van der Waals surface area contributed by atoms with Gasteiger partial charge in [-0.2, -0.15) is 0 Å². The van der Waals surface area contributed by atoms with Crippen LogP contribution in [-0.2, 0) is 9.59 Å².